The molecule has 1 aliphatic rings. The number of benzene rings is 4. The number of carbonyl (C=O) groups excluding carboxylic acids is 1. The van der Waals surface area contributed by atoms with Crippen molar-refractivity contribution in [3.05, 3.63) is 118 Å². The van der Waals surface area contributed by atoms with E-state index in [1.165, 1.54) is 30.3 Å². The van der Waals surface area contributed by atoms with Gasteiger partial charge in [0.15, 0.2) is 5.75 Å². The Balaban J connectivity index is 0.000000671. The van der Waals surface area contributed by atoms with Gasteiger partial charge in [0.1, 0.15) is 11.6 Å². The van der Waals surface area contributed by atoms with E-state index >= 15 is 0 Å². The first-order valence-electron chi connectivity index (χ1n) is 13.9. The highest BCUT2D eigenvalue weighted by Crippen LogP contribution is 2.35. The van der Waals surface area contributed by atoms with Crippen LogP contribution < -0.4 is 14.8 Å². The predicted octanol–water partition coefficient (Wildman–Crippen LogP) is 6.84. The number of carboxylic acids is 1. The first-order valence-corrected chi connectivity index (χ1v) is 16.2. The molecule has 10 nitrogen and oxygen atoms in total. The minimum Gasteiger partial charge on any atom is -0.475 e. The van der Waals surface area contributed by atoms with Crippen molar-refractivity contribution in [2.24, 2.45) is 4.99 Å². The number of para-hydroxylation sites is 2. The number of halogens is 5. The van der Waals surface area contributed by atoms with E-state index in [2.05, 4.69) is 15.0 Å². The fourth-order valence-electron chi connectivity index (χ4n) is 4.22. The molecular weight excluding hydrogens is 696 g/mol. The number of carboxylic acid groups (broad SMARTS) is 1. The summed E-state index contributed by atoms with van der Waals surface area (Å²) in [5.74, 6) is -1.52. The van der Waals surface area contributed by atoms with Crippen molar-refractivity contribution in [3.63, 3.8) is 0 Å². The number of hydrogen-bond donors (Lipinski definition) is 3. The van der Waals surface area contributed by atoms with E-state index in [0.717, 1.165) is 30.1 Å². The van der Waals surface area contributed by atoms with Crippen LogP contribution in [0.2, 0.25) is 10.0 Å². The van der Waals surface area contributed by atoms with E-state index in [9.17, 15) is 26.4 Å². The lowest BCUT2D eigenvalue weighted by atomic mass is 10.1. The number of carbonyl (C=O) groups is 2. The van der Waals surface area contributed by atoms with E-state index in [1.807, 2.05) is 24.3 Å². The number of sulfonamides is 1. The molecule has 0 radical (unpaired) electrons. The Morgan fingerprint density at radius 3 is 2.21 bits per heavy atom. The molecule has 1 aliphatic heterocycles. The average molecular weight is 724 g/mol. The monoisotopic (exact) mass is 722 g/mol. The highest BCUT2D eigenvalue weighted by Gasteiger charge is 2.38. The second-order valence-electron chi connectivity index (χ2n) is 10.1. The van der Waals surface area contributed by atoms with Gasteiger partial charge in [-0.05, 0) is 60.2 Å². The zero-order chi connectivity index (χ0) is 35.1. The van der Waals surface area contributed by atoms with Gasteiger partial charge in [0.2, 0.25) is 0 Å². The van der Waals surface area contributed by atoms with Gasteiger partial charge in [-0.15, -0.1) is 0 Å². The molecule has 1 amide bonds. The van der Waals surface area contributed by atoms with E-state index in [-0.39, 0.29) is 27.3 Å². The van der Waals surface area contributed by atoms with Gasteiger partial charge in [0.25, 0.3) is 15.9 Å². The number of nitrogens with one attached hydrogen (secondary N) is 2. The molecule has 0 unspecified atom stereocenters. The lowest BCUT2D eigenvalue weighted by molar-refractivity contribution is -0.192. The normalized spacial score (nSPS) is 12.6. The maximum absolute atomic E-state index is 13.2. The zero-order valence-corrected chi connectivity index (χ0v) is 27.3. The maximum Gasteiger partial charge on any atom is 0.490 e. The van der Waals surface area contributed by atoms with Crippen molar-refractivity contribution >= 4 is 56.6 Å². The smallest absolute Gasteiger partial charge is 0.475 e. The molecule has 3 N–H and O–H groups in total. The van der Waals surface area contributed by atoms with Crippen LogP contribution in [0.1, 0.15) is 21.5 Å². The minimum atomic E-state index is -5.08. The third kappa shape index (κ3) is 9.62. The molecule has 5 rings (SSSR count). The highest BCUT2D eigenvalue weighted by molar-refractivity contribution is 7.92. The summed E-state index contributed by atoms with van der Waals surface area (Å²) in [5.41, 5.74) is 2.56. The van der Waals surface area contributed by atoms with Crippen molar-refractivity contribution in [2.45, 2.75) is 17.6 Å². The van der Waals surface area contributed by atoms with Gasteiger partial charge in [-0.2, -0.15) is 13.2 Å². The molecule has 0 spiro atoms. The summed E-state index contributed by atoms with van der Waals surface area (Å²) in [6, 6.07) is 25.0. The van der Waals surface area contributed by atoms with Crippen LogP contribution in [0, 0.1) is 0 Å². The predicted molar refractivity (Wildman–Crippen MR) is 176 cm³/mol. The minimum absolute atomic E-state index is 0.00458. The van der Waals surface area contributed by atoms with Crippen molar-refractivity contribution in [1.82, 2.24) is 10.2 Å². The van der Waals surface area contributed by atoms with E-state index in [0.29, 0.717) is 22.9 Å². The number of amides is 1. The molecule has 4 aromatic rings. The summed E-state index contributed by atoms with van der Waals surface area (Å²) in [6.45, 7) is 2.01. The third-order valence-corrected chi connectivity index (χ3v) is 8.48. The van der Waals surface area contributed by atoms with Crippen LogP contribution in [0.15, 0.2) is 101 Å². The molecule has 0 saturated carbocycles. The molecule has 0 aliphatic carbocycles. The number of aliphatic imine (C=N–C) groups is 1. The van der Waals surface area contributed by atoms with Crippen molar-refractivity contribution in [1.29, 1.82) is 0 Å². The van der Waals surface area contributed by atoms with Crippen LogP contribution in [0.5, 0.6) is 11.5 Å². The molecule has 0 aromatic heterocycles. The summed E-state index contributed by atoms with van der Waals surface area (Å²) in [4.78, 5) is 27.9. The van der Waals surface area contributed by atoms with Crippen LogP contribution in [-0.4, -0.2) is 62.4 Å². The van der Waals surface area contributed by atoms with E-state index in [4.69, 9.17) is 37.8 Å². The Kier molecular flexibility index (Phi) is 11.6. The Labute approximate surface area is 283 Å². The fraction of sp³-hybridized carbons (Fsp3) is 0.156. The van der Waals surface area contributed by atoms with Gasteiger partial charge < -0.3 is 20.1 Å². The van der Waals surface area contributed by atoms with Gasteiger partial charge in [-0.3, -0.25) is 14.5 Å². The SMILES string of the molecule is CN(Cc1ccc(C2=NCCN2)cc1)C(=O)c1ccc(S(=O)(=O)Nc2ccccc2Oc2ccc(Cl)cc2Cl)cc1.O=C(O)C(F)(F)F. The van der Waals surface area contributed by atoms with Gasteiger partial charge in [0, 0.05) is 36.3 Å². The van der Waals surface area contributed by atoms with E-state index < -0.39 is 22.2 Å². The highest BCUT2D eigenvalue weighted by atomic mass is 35.5. The average Bonchev–Trinajstić information content (AvgIpc) is 3.58. The molecule has 0 bridgehead atoms. The number of ether oxygens (including phenoxy) is 1. The van der Waals surface area contributed by atoms with Crippen LogP contribution in [-0.2, 0) is 21.4 Å². The van der Waals surface area contributed by atoms with Crippen molar-refractivity contribution in [2.75, 3.05) is 24.9 Å². The molecule has 0 atom stereocenters. The van der Waals surface area contributed by atoms with Crippen LogP contribution in [0.25, 0.3) is 0 Å². The van der Waals surface area contributed by atoms with Gasteiger partial charge in [-0.1, -0.05) is 59.6 Å². The lowest BCUT2D eigenvalue weighted by Crippen LogP contribution is -2.26. The van der Waals surface area contributed by atoms with Crippen molar-refractivity contribution in [3.8, 4) is 11.5 Å². The number of hydrogen-bond acceptors (Lipinski definition) is 7. The summed E-state index contributed by atoms with van der Waals surface area (Å²) in [5, 5.41) is 11.1. The molecule has 0 saturated heterocycles. The number of rotatable bonds is 9. The topological polar surface area (TPSA) is 137 Å². The number of alkyl halides is 3. The Bertz CT molecular complexity index is 1920. The summed E-state index contributed by atoms with van der Waals surface area (Å²) in [7, 11) is -2.29. The molecule has 16 heteroatoms. The third-order valence-electron chi connectivity index (χ3n) is 6.57. The largest absolute Gasteiger partial charge is 0.490 e. The first kappa shape index (κ1) is 36.1. The molecule has 48 heavy (non-hydrogen) atoms. The number of nitrogens with zero attached hydrogens (tertiary/aromatic N) is 2. The first-order chi connectivity index (χ1) is 22.6. The number of aliphatic carboxylic acids is 1. The van der Waals surface area contributed by atoms with Crippen LogP contribution >= 0.6 is 23.2 Å². The van der Waals surface area contributed by atoms with Gasteiger partial charge in [0.05, 0.1) is 22.2 Å². The second kappa shape index (κ2) is 15.4. The molecule has 4 aromatic carbocycles. The lowest BCUT2D eigenvalue weighted by Gasteiger charge is -2.18. The van der Waals surface area contributed by atoms with Crippen LogP contribution in [0.3, 0.4) is 0 Å². The molecule has 1 heterocycles. The van der Waals surface area contributed by atoms with Crippen molar-refractivity contribution < 1.29 is 41.0 Å². The molecule has 0 fully saturated rings. The standard InChI is InChI=1S/C30H26Cl2N4O4S.C2HF3O2/c1-36(19-20-6-8-21(9-7-20)29-33-16-17-34-29)30(37)22-10-13-24(14-11-22)41(38,39)35-26-4-2-3-5-28(26)40-27-15-12-23(31)18-25(27)32;3-2(4,5)1(6)7/h2-15,18,35H,16-17,19H2,1H3,(H,33,34);(H,6,7). The quantitative estimate of drug-likeness (QED) is 0.172. The molecule has 252 valence electrons. The zero-order valence-electron chi connectivity index (χ0n) is 25.0. The molecular formula is C32H27Cl2F3N4O6S. The van der Waals surface area contributed by atoms with Crippen LogP contribution in [0.4, 0.5) is 18.9 Å². The fourth-order valence-corrected chi connectivity index (χ4v) is 5.74. The maximum atomic E-state index is 13.2. The Morgan fingerprint density at radius 1 is 0.979 bits per heavy atom. The Hall–Kier alpha value is -4.79. The number of amidine groups is 1. The summed E-state index contributed by atoms with van der Waals surface area (Å²) < 4.78 is 66.5. The summed E-state index contributed by atoms with van der Waals surface area (Å²) in [6.07, 6.45) is -5.08. The summed E-state index contributed by atoms with van der Waals surface area (Å²) >= 11 is 12.2. The number of anilines is 1. The van der Waals surface area contributed by atoms with Gasteiger partial charge in [-0.25, -0.2) is 13.2 Å². The van der Waals surface area contributed by atoms with Gasteiger partial charge >= 0.3 is 12.1 Å². The van der Waals surface area contributed by atoms with E-state index in [1.54, 1.807) is 48.3 Å². The second-order valence-corrected chi connectivity index (χ2v) is 12.6. The Morgan fingerprint density at radius 2 is 1.62 bits per heavy atom.